The number of esters is 1. The number of hydrogen-bond donors (Lipinski definition) is 0. The van der Waals surface area contributed by atoms with Gasteiger partial charge < -0.3 is 9.47 Å². The lowest BCUT2D eigenvalue weighted by molar-refractivity contribution is -0.144. The quantitative estimate of drug-likeness (QED) is 0.637. The van der Waals surface area contributed by atoms with Crippen LogP contribution in [0, 0.1) is 0 Å². The molecular weight excluding hydrogens is 234 g/mol. The third-order valence-corrected chi connectivity index (χ3v) is 2.99. The molecule has 5 nitrogen and oxygen atoms in total. The van der Waals surface area contributed by atoms with Crippen molar-refractivity contribution >= 4 is 11.8 Å². The number of rotatable bonds is 7. The number of nitrogens with zero attached hydrogens (tertiary/aromatic N) is 1. The van der Waals surface area contributed by atoms with Crippen molar-refractivity contribution in [1.82, 2.24) is 4.90 Å². The number of hydrogen-bond acceptors (Lipinski definition) is 5. The van der Waals surface area contributed by atoms with E-state index in [2.05, 4.69) is 11.8 Å². The molecule has 1 fully saturated rings. The molecule has 0 aromatic carbocycles. The van der Waals surface area contributed by atoms with Gasteiger partial charge in [0.25, 0.3) is 0 Å². The molecule has 18 heavy (non-hydrogen) atoms. The maximum atomic E-state index is 11.7. The molecule has 1 aliphatic heterocycles. The number of carbonyl (C=O) groups is 2. The summed E-state index contributed by atoms with van der Waals surface area (Å²) in [4.78, 5) is 25.0. The highest BCUT2D eigenvalue weighted by Crippen LogP contribution is 2.08. The number of ether oxygens (including phenoxy) is 2. The first-order chi connectivity index (χ1) is 8.65. The molecular formula is C13H23NO4. The summed E-state index contributed by atoms with van der Waals surface area (Å²) in [5, 5.41) is 0. The molecule has 0 radical (unpaired) electrons. The fraction of sp³-hybridized carbons (Fsp3) is 0.846. The van der Waals surface area contributed by atoms with Gasteiger partial charge in [-0.3, -0.25) is 14.5 Å². The zero-order valence-corrected chi connectivity index (χ0v) is 11.3. The topological polar surface area (TPSA) is 55.8 Å². The van der Waals surface area contributed by atoms with Crippen LogP contribution in [0.1, 0.15) is 33.1 Å². The van der Waals surface area contributed by atoms with Crippen molar-refractivity contribution in [1.29, 1.82) is 0 Å². The minimum absolute atomic E-state index is 0.0970. The van der Waals surface area contributed by atoms with Crippen LogP contribution < -0.4 is 0 Å². The van der Waals surface area contributed by atoms with Crippen LogP contribution in [-0.4, -0.2) is 55.6 Å². The van der Waals surface area contributed by atoms with Gasteiger partial charge in [0.1, 0.15) is 5.78 Å². The molecule has 1 aliphatic rings. The largest absolute Gasteiger partial charge is 0.466 e. The SMILES string of the molecule is CCOC(=O)CCC(=O)CN1CCOC(CC)C1. The summed E-state index contributed by atoms with van der Waals surface area (Å²) in [6.07, 6.45) is 1.66. The van der Waals surface area contributed by atoms with Crippen LogP contribution in [0.3, 0.4) is 0 Å². The predicted molar refractivity (Wildman–Crippen MR) is 67.3 cm³/mol. The maximum Gasteiger partial charge on any atom is 0.306 e. The Kier molecular flexibility index (Phi) is 6.90. The summed E-state index contributed by atoms with van der Waals surface area (Å²) < 4.78 is 10.3. The Bertz CT molecular complexity index is 280. The van der Waals surface area contributed by atoms with Crippen molar-refractivity contribution < 1.29 is 19.1 Å². The van der Waals surface area contributed by atoms with Crippen molar-refractivity contribution in [3.63, 3.8) is 0 Å². The average Bonchev–Trinajstić information content (AvgIpc) is 2.37. The molecule has 0 aliphatic carbocycles. The van der Waals surface area contributed by atoms with E-state index < -0.39 is 0 Å². The normalized spacial score (nSPS) is 20.7. The molecule has 0 N–H and O–H groups in total. The standard InChI is InChI=1S/C13H23NO4/c1-3-12-10-14(7-8-18-12)9-11(15)5-6-13(16)17-4-2/h12H,3-10H2,1-2H3. The van der Waals surface area contributed by atoms with Crippen molar-refractivity contribution in [3.8, 4) is 0 Å². The lowest BCUT2D eigenvalue weighted by Crippen LogP contribution is -2.44. The van der Waals surface area contributed by atoms with Gasteiger partial charge in [0, 0.05) is 19.5 Å². The lowest BCUT2D eigenvalue weighted by Gasteiger charge is -2.31. The highest BCUT2D eigenvalue weighted by molar-refractivity contribution is 5.84. The van der Waals surface area contributed by atoms with Crippen molar-refractivity contribution in [2.75, 3.05) is 32.8 Å². The molecule has 0 spiro atoms. The fourth-order valence-corrected chi connectivity index (χ4v) is 1.97. The van der Waals surface area contributed by atoms with Gasteiger partial charge in [0.05, 0.1) is 32.3 Å². The first kappa shape index (κ1) is 15.1. The lowest BCUT2D eigenvalue weighted by atomic mass is 10.1. The van der Waals surface area contributed by atoms with Gasteiger partial charge >= 0.3 is 5.97 Å². The molecule has 0 aromatic rings. The van der Waals surface area contributed by atoms with Crippen molar-refractivity contribution in [3.05, 3.63) is 0 Å². The van der Waals surface area contributed by atoms with Gasteiger partial charge in [-0.2, -0.15) is 0 Å². The maximum absolute atomic E-state index is 11.7. The highest BCUT2D eigenvalue weighted by Gasteiger charge is 2.20. The molecule has 5 heteroatoms. The molecule has 104 valence electrons. The third kappa shape index (κ3) is 5.60. The Labute approximate surface area is 108 Å². The van der Waals surface area contributed by atoms with E-state index in [4.69, 9.17) is 9.47 Å². The zero-order valence-electron chi connectivity index (χ0n) is 11.3. The Hall–Kier alpha value is -0.940. The van der Waals surface area contributed by atoms with Gasteiger partial charge in [-0.1, -0.05) is 6.92 Å². The molecule has 1 rings (SSSR count). The highest BCUT2D eigenvalue weighted by atomic mass is 16.5. The molecule has 1 saturated heterocycles. The molecule has 0 saturated carbocycles. The second-order valence-corrected chi connectivity index (χ2v) is 4.48. The van der Waals surface area contributed by atoms with E-state index in [1.807, 2.05) is 0 Å². The average molecular weight is 257 g/mol. The number of carbonyl (C=O) groups excluding carboxylic acids is 2. The summed E-state index contributed by atoms with van der Waals surface area (Å²) >= 11 is 0. The van der Waals surface area contributed by atoms with Gasteiger partial charge in [0.15, 0.2) is 0 Å². The number of morpholine rings is 1. The smallest absolute Gasteiger partial charge is 0.306 e. The van der Waals surface area contributed by atoms with Crippen LogP contribution in [0.15, 0.2) is 0 Å². The van der Waals surface area contributed by atoms with Gasteiger partial charge in [-0.25, -0.2) is 0 Å². The zero-order chi connectivity index (χ0) is 13.4. The van der Waals surface area contributed by atoms with E-state index in [1.165, 1.54) is 0 Å². The molecule has 1 heterocycles. The van der Waals surface area contributed by atoms with E-state index in [9.17, 15) is 9.59 Å². The van der Waals surface area contributed by atoms with E-state index in [-0.39, 0.29) is 30.7 Å². The Morgan fingerprint density at radius 1 is 1.33 bits per heavy atom. The molecule has 1 atom stereocenters. The predicted octanol–water partition coefficient (Wildman–Crippen LogP) is 1.01. The van der Waals surface area contributed by atoms with E-state index >= 15 is 0 Å². The summed E-state index contributed by atoms with van der Waals surface area (Å²) in [6.45, 7) is 6.91. The van der Waals surface area contributed by atoms with E-state index in [0.29, 0.717) is 19.8 Å². The van der Waals surface area contributed by atoms with Crippen molar-refractivity contribution in [2.45, 2.75) is 39.2 Å². The summed E-state index contributed by atoms with van der Waals surface area (Å²) in [6, 6.07) is 0. The Morgan fingerprint density at radius 2 is 2.11 bits per heavy atom. The number of Topliss-reactive ketones (excluding diaryl/α,β-unsaturated/α-hetero) is 1. The Morgan fingerprint density at radius 3 is 2.78 bits per heavy atom. The van der Waals surface area contributed by atoms with Gasteiger partial charge in [-0.05, 0) is 13.3 Å². The van der Waals surface area contributed by atoms with Crippen LogP contribution in [0.25, 0.3) is 0 Å². The molecule has 0 bridgehead atoms. The van der Waals surface area contributed by atoms with Crippen LogP contribution in [-0.2, 0) is 19.1 Å². The Balaban J connectivity index is 2.21. The monoisotopic (exact) mass is 257 g/mol. The van der Waals surface area contributed by atoms with E-state index in [0.717, 1.165) is 19.5 Å². The second kappa shape index (κ2) is 8.21. The van der Waals surface area contributed by atoms with Crippen LogP contribution in [0.5, 0.6) is 0 Å². The minimum atomic E-state index is -0.292. The molecule has 0 aromatic heterocycles. The second-order valence-electron chi connectivity index (χ2n) is 4.48. The van der Waals surface area contributed by atoms with Crippen LogP contribution >= 0.6 is 0 Å². The fourth-order valence-electron chi connectivity index (χ4n) is 1.97. The first-order valence-electron chi connectivity index (χ1n) is 6.67. The summed E-state index contributed by atoms with van der Waals surface area (Å²) in [7, 11) is 0. The first-order valence-corrected chi connectivity index (χ1v) is 6.67. The van der Waals surface area contributed by atoms with Crippen LogP contribution in [0.4, 0.5) is 0 Å². The molecule has 1 unspecified atom stereocenters. The number of ketones is 1. The third-order valence-electron chi connectivity index (χ3n) is 2.99. The van der Waals surface area contributed by atoms with Gasteiger partial charge in [0.2, 0.25) is 0 Å². The van der Waals surface area contributed by atoms with Crippen molar-refractivity contribution in [2.24, 2.45) is 0 Å². The van der Waals surface area contributed by atoms with Gasteiger partial charge in [-0.15, -0.1) is 0 Å². The summed E-state index contributed by atoms with van der Waals surface area (Å²) in [5.41, 5.74) is 0. The summed E-state index contributed by atoms with van der Waals surface area (Å²) in [5.74, 6) is -0.195. The molecule has 0 amide bonds. The van der Waals surface area contributed by atoms with Crippen LogP contribution in [0.2, 0.25) is 0 Å². The van der Waals surface area contributed by atoms with E-state index in [1.54, 1.807) is 6.92 Å². The minimum Gasteiger partial charge on any atom is -0.466 e.